The first-order chi connectivity index (χ1) is 14.0. The van der Waals surface area contributed by atoms with Gasteiger partial charge in [-0.25, -0.2) is 9.97 Å². The van der Waals surface area contributed by atoms with Gasteiger partial charge in [0.1, 0.15) is 16.6 Å². The van der Waals surface area contributed by atoms with Gasteiger partial charge in [0, 0.05) is 42.2 Å². The number of nitrogens with one attached hydrogen (secondary N) is 3. The summed E-state index contributed by atoms with van der Waals surface area (Å²) >= 11 is 1.63. The number of fused-ring (bicyclic) bond motifs is 1. The van der Waals surface area contributed by atoms with E-state index in [4.69, 9.17) is 4.98 Å². The summed E-state index contributed by atoms with van der Waals surface area (Å²) in [5.74, 6) is 2.21. The Bertz CT molecular complexity index is 940. The van der Waals surface area contributed by atoms with Crippen LogP contribution in [0.3, 0.4) is 0 Å². The highest BCUT2D eigenvalue weighted by molar-refractivity contribution is 7.09. The Morgan fingerprint density at radius 3 is 2.97 bits per heavy atom. The van der Waals surface area contributed by atoms with Crippen molar-refractivity contribution in [1.82, 2.24) is 24.9 Å². The number of aliphatic hydroxyl groups excluding tert-OH is 1. The number of aromatic nitrogens is 4. The van der Waals surface area contributed by atoms with E-state index in [1.165, 1.54) is 0 Å². The average Bonchev–Trinajstić information content (AvgIpc) is 3.37. The van der Waals surface area contributed by atoms with E-state index in [-0.39, 0.29) is 18.1 Å². The van der Waals surface area contributed by atoms with Crippen LogP contribution in [0.5, 0.6) is 0 Å². The van der Waals surface area contributed by atoms with Crippen molar-refractivity contribution in [1.29, 1.82) is 0 Å². The molecule has 0 saturated carbocycles. The molecular weight excluding hydrogens is 386 g/mol. The van der Waals surface area contributed by atoms with Crippen molar-refractivity contribution in [3.8, 4) is 0 Å². The molecule has 29 heavy (non-hydrogen) atoms. The molecule has 1 unspecified atom stereocenters. The second-order valence-corrected chi connectivity index (χ2v) is 8.88. The topological polar surface area (TPSA) is 99.4 Å². The number of thiazole rings is 1. The van der Waals surface area contributed by atoms with Crippen LogP contribution in [0.1, 0.15) is 49.7 Å². The zero-order valence-electron chi connectivity index (χ0n) is 17.1. The van der Waals surface area contributed by atoms with Crippen molar-refractivity contribution < 1.29 is 5.11 Å². The maximum atomic E-state index is 10.2. The molecule has 0 aliphatic carbocycles. The molecule has 4 rings (SSSR count). The fraction of sp³-hybridized carbons (Fsp3) is 0.550. The minimum atomic E-state index is -0.330. The minimum Gasteiger partial charge on any atom is -0.391 e. The Balaban J connectivity index is 1.62. The molecule has 3 atom stereocenters. The fourth-order valence-electron chi connectivity index (χ4n) is 3.68. The van der Waals surface area contributed by atoms with Crippen molar-refractivity contribution in [3.63, 3.8) is 0 Å². The quantitative estimate of drug-likeness (QED) is 0.471. The van der Waals surface area contributed by atoms with Gasteiger partial charge in [-0.15, -0.1) is 11.3 Å². The van der Waals surface area contributed by atoms with Crippen LogP contribution in [-0.4, -0.2) is 50.4 Å². The molecule has 1 aliphatic rings. The van der Waals surface area contributed by atoms with E-state index in [1.54, 1.807) is 11.3 Å². The molecule has 4 N–H and O–H groups in total. The van der Waals surface area contributed by atoms with Crippen molar-refractivity contribution in [3.05, 3.63) is 34.4 Å². The van der Waals surface area contributed by atoms with Crippen molar-refractivity contribution in [2.75, 3.05) is 30.3 Å². The second kappa shape index (κ2) is 8.64. The summed E-state index contributed by atoms with van der Waals surface area (Å²) in [5, 5.41) is 28.0. The van der Waals surface area contributed by atoms with Crippen molar-refractivity contribution in [2.45, 2.75) is 45.3 Å². The molecule has 0 radical (unpaired) electrons. The molecular formula is C20H29N7OS. The maximum absolute atomic E-state index is 10.2. The number of anilines is 2. The van der Waals surface area contributed by atoms with Gasteiger partial charge in [-0.05, 0) is 25.8 Å². The summed E-state index contributed by atoms with van der Waals surface area (Å²) in [6, 6.07) is 2.05. The molecule has 1 fully saturated rings. The van der Waals surface area contributed by atoms with Crippen LogP contribution >= 0.6 is 11.3 Å². The van der Waals surface area contributed by atoms with Crippen LogP contribution < -0.4 is 16.0 Å². The second-order valence-electron chi connectivity index (χ2n) is 7.95. The Kier molecular flexibility index (Phi) is 5.98. The number of hydrogen-bond acceptors (Lipinski definition) is 8. The lowest BCUT2D eigenvalue weighted by Gasteiger charge is -2.28. The Hall–Kier alpha value is -2.23. The largest absolute Gasteiger partial charge is 0.391 e. The number of piperidine rings is 1. The van der Waals surface area contributed by atoms with Crippen LogP contribution in [0.2, 0.25) is 0 Å². The third-order valence-electron chi connectivity index (χ3n) is 5.44. The number of rotatable bonds is 7. The number of hydrogen-bond donors (Lipinski definition) is 4. The smallest absolute Gasteiger partial charge is 0.163 e. The molecule has 0 spiro atoms. The van der Waals surface area contributed by atoms with E-state index < -0.39 is 0 Å². The van der Waals surface area contributed by atoms with E-state index in [1.807, 2.05) is 28.4 Å². The number of nitrogens with zero attached hydrogens (tertiary/aromatic N) is 4. The lowest BCUT2D eigenvalue weighted by molar-refractivity contribution is 0.0883. The van der Waals surface area contributed by atoms with Crippen LogP contribution in [0.25, 0.3) is 5.65 Å². The van der Waals surface area contributed by atoms with Gasteiger partial charge in [-0.3, -0.25) is 0 Å². The van der Waals surface area contributed by atoms with Gasteiger partial charge in [0.15, 0.2) is 5.65 Å². The highest BCUT2D eigenvalue weighted by atomic mass is 32.1. The lowest BCUT2D eigenvalue weighted by Crippen LogP contribution is -2.43. The van der Waals surface area contributed by atoms with E-state index in [0.717, 1.165) is 40.8 Å². The van der Waals surface area contributed by atoms with Gasteiger partial charge in [0.2, 0.25) is 0 Å². The molecule has 156 valence electrons. The summed E-state index contributed by atoms with van der Waals surface area (Å²) in [7, 11) is 0. The summed E-state index contributed by atoms with van der Waals surface area (Å²) in [4.78, 5) is 9.25. The molecule has 4 heterocycles. The summed E-state index contributed by atoms with van der Waals surface area (Å²) in [6.07, 6.45) is 4.34. The van der Waals surface area contributed by atoms with Gasteiger partial charge >= 0.3 is 0 Å². The summed E-state index contributed by atoms with van der Waals surface area (Å²) in [5.41, 5.74) is 1.96. The van der Waals surface area contributed by atoms with Gasteiger partial charge in [-0.1, -0.05) is 13.8 Å². The highest BCUT2D eigenvalue weighted by Gasteiger charge is 2.23. The van der Waals surface area contributed by atoms with Crippen LogP contribution in [0.15, 0.2) is 23.8 Å². The third-order valence-corrected chi connectivity index (χ3v) is 6.40. The predicted molar refractivity (Wildman–Crippen MR) is 117 cm³/mol. The zero-order valence-corrected chi connectivity index (χ0v) is 17.9. The highest BCUT2D eigenvalue weighted by Crippen LogP contribution is 2.27. The van der Waals surface area contributed by atoms with Crippen LogP contribution in [-0.2, 0) is 0 Å². The zero-order chi connectivity index (χ0) is 20.4. The monoisotopic (exact) mass is 415 g/mol. The first kappa shape index (κ1) is 20.1. The van der Waals surface area contributed by atoms with Crippen LogP contribution in [0, 0.1) is 5.92 Å². The maximum Gasteiger partial charge on any atom is 0.163 e. The molecule has 0 amide bonds. The van der Waals surface area contributed by atoms with Crippen molar-refractivity contribution >= 4 is 28.6 Å². The Labute approximate surface area is 174 Å². The summed E-state index contributed by atoms with van der Waals surface area (Å²) < 4.78 is 1.87. The van der Waals surface area contributed by atoms with E-state index >= 15 is 0 Å². The van der Waals surface area contributed by atoms with Crippen LogP contribution in [0.4, 0.5) is 11.6 Å². The lowest BCUT2D eigenvalue weighted by atomic mass is 9.95. The SMILES string of the molecule is CC(C)c1cnn2c(NC(C)c3nccs3)cc(NC[C@H]3CCNC[C@@H]3O)nc12. The normalized spacial score (nSPS) is 20.9. The first-order valence-corrected chi connectivity index (χ1v) is 11.1. The Morgan fingerprint density at radius 2 is 2.24 bits per heavy atom. The molecule has 1 saturated heterocycles. The Morgan fingerprint density at radius 1 is 1.38 bits per heavy atom. The molecule has 0 aromatic carbocycles. The van der Waals surface area contributed by atoms with Crippen molar-refractivity contribution in [2.24, 2.45) is 5.92 Å². The predicted octanol–water partition coefficient (Wildman–Crippen LogP) is 2.86. The molecule has 8 nitrogen and oxygen atoms in total. The molecule has 1 aliphatic heterocycles. The first-order valence-electron chi connectivity index (χ1n) is 10.2. The van der Waals surface area contributed by atoms with E-state index in [2.05, 4.69) is 46.8 Å². The van der Waals surface area contributed by atoms with E-state index in [9.17, 15) is 5.11 Å². The number of aliphatic hydroxyl groups is 1. The molecule has 3 aromatic rings. The van der Waals surface area contributed by atoms with Gasteiger partial charge in [0.05, 0.1) is 18.3 Å². The molecule has 9 heteroatoms. The van der Waals surface area contributed by atoms with Gasteiger partial charge in [0.25, 0.3) is 0 Å². The average molecular weight is 416 g/mol. The third kappa shape index (κ3) is 4.36. The standard InChI is InChI=1S/C20H29N7OS/c1-12(2)15-10-24-27-18(25-13(3)20-22-6-7-29-20)8-17(26-19(15)27)23-9-14-4-5-21-11-16(14)28/h6-8,10,12-14,16,21,25,28H,4-5,9,11H2,1-3H3,(H,23,26)/t13?,14-,16+/m1/s1. The molecule has 3 aromatic heterocycles. The van der Waals surface area contributed by atoms with E-state index in [0.29, 0.717) is 19.0 Å². The summed E-state index contributed by atoms with van der Waals surface area (Å²) in [6.45, 7) is 8.67. The minimum absolute atomic E-state index is 0.0615. The number of β-amino-alcohol motifs (C(OH)–C–C–N with tert-alkyl or cyclic N) is 1. The fourth-order valence-corrected chi connectivity index (χ4v) is 4.33. The molecule has 0 bridgehead atoms. The van der Waals surface area contributed by atoms with Gasteiger partial charge < -0.3 is 21.1 Å². The van der Waals surface area contributed by atoms with Gasteiger partial charge in [-0.2, -0.15) is 9.61 Å².